The Morgan fingerprint density at radius 1 is 1.05 bits per heavy atom. The third kappa shape index (κ3) is 6.17. The van der Waals surface area contributed by atoms with Crippen molar-refractivity contribution in [3.63, 3.8) is 0 Å². The van der Waals surface area contributed by atoms with Crippen molar-refractivity contribution in [2.75, 3.05) is 5.75 Å². The number of halogens is 3. The van der Waals surface area contributed by atoms with Crippen LogP contribution in [0.1, 0.15) is 78.1 Å². The van der Waals surface area contributed by atoms with Crippen molar-refractivity contribution < 1.29 is 26.4 Å². The summed E-state index contributed by atoms with van der Waals surface area (Å²) in [6, 6.07) is 13.3. The molecule has 10 heteroatoms. The van der Waals surface area contributed by atoms with E-state index in [0.29, 0.717) is 12.1 Å². The van der Waals surface area contributed by atoms with Gasteiger partial charge in [-0.1, -0.05) is 45.0 Å². The number of alkyl halides is 3. The molecule has 1 aliphatic heterocycles. The van der Waals surface area contributed by atoms with Crippen molar-refractivity contribution in [3.05, 3.63) is 94.3 Å². The van der Waals surface area contributed by atoms with E-state index in [9.17, 15) is 26.4 Å². The van der Waals surface area contributed by atoms with E-state index >= 15 is 0 Å². The summed E-state index contributed by atoms with van der Waals surface area (Å²) in [7, 11) is -3.29. The van der Waals surface area contributed by atoms with Crippen molar-refractivity contribution in [2.24, 2.45) is 5.92 Å². The molecule has 208 valence electrons. The molecular formula is C29H32F3N3O3S. The normalized spacial score (nSPS) is 17.8. The predicted octanol–water partition coefficient (Wildman–Crippen LogP) is 6.10. The third-order valence-electron chi connectivity index (χ3n) is 7.19. The van der Waals surface area contributed by atoms with Crippen LogP contribution in [0.4, 0.5) is 13.2 Å². The number of nitrogens with zero attached hydrogens (tertiary/aromatic N) is 2. The van der Waals surface area contributed by atoms with Gasteiger partial charge in [0.15, 0.2) is 9.84 Å². The van der Waals surface area contributed by atoms with E-state index in [4.69, 9.17) is 0 Å². The number of rotatable bonds is 8. The second kappa shape index (κ2) is 11.1. The summed E-state index contributed by atoms with van der Waals surface area (Å²) in [5.74, 6) is -0.0911. The maximum atomic E-state index is 13.0. The highest BCUT2D eigenvalue weighted by molar-refractivity contribution is 7.91. The minimum Gasteiger partial charge on any atom is -0.348 e. The molecular weight excluding hydrogens is 527 g/mol. The van der Waals surface area contributed by atoms with Gasteiger partial charge in [-0.15, -0.1) is 0 Å². The lowest BCUT2D eigenvalue weighted by Crippen LogP contribution is -2.28. The van der Waals surface area contributed by atoms with Gasteiger partial charge in [0.25, 0.3) is 5.91 Å². The Morgan fingerprint density at radius 2 is 1.67 bits per heavy atom. The molecule has 1 amide bonds. The molecule has 1 aliphatic rings. The summed E-state index contributed by atoms with van der Waals surface area (Å²) in [4.78, 5) is 20.1. The van der Waals surface area contributed by atoms with Crippen LogP contribution in [0.25, 0.3) is 0 Å². The van der Waals surface area contributed by atoms with Gasteiger partial charge in [-0.05, 0) is 59.9 Å². The fourth-order valence-corrected chi connectivity index (χ4v) is 5.87. The Labute approximate surface area is 227 Å². The SMILES string of the molecule is CCS(=O)(=O)c1ccc(CNC(=O)c2cnc3c(c2)[C@@H](C)N(Cc2ccc(C(F)(F)F)cc2)[C@H]3C(C)C)cc1. The first-order valence-corrected chi connectivity index (χ1v) is 14.5. The zero-order chi connectivity index (χ0) is 28.5. The fraction of sp³-hybridized carbons (Fsp3) is 0.379. The van der Waals surface area contributed by atoms with E-state index in [1.807, 2.05) is 13.0 Å². The first-order chi connectivity index (χ1) is 18.3. The first kappa shape index (κ1) is 28.8. The van der Waals surface area contributed by atoms with Gasteiger partial charge < -0.3 is 5.32 Å². The molecule has 0 aliphatic carbocycles. The molecule has 0 unspecified atom stereocenters. The van der Waals surface area contributed by atoms with E-state index in [2.05, 4.69) is 29.0 Å². The van der Waals surface area contributed by atoms with Crippen molar-refractivity contribution in [2.45, 2.75) is 63.9 Å². The minimum absolute atomic E-state index is 0.0201. The Kier molecular flexibility index (Phi) is 8.18. The first-order valence-electron chi connectivity index (χ1n) is 12.8. The molecule has 2 heterocycles. The number of benzene rings is 2. The molecule has 0 radical (unpaired) electrons. The van der Waals surface area contributed by atoms with Crippen LogP contribution in [0.15, 0.2) is 65.7 Å². The lowest BCUT2D eigenvalue weighted by atomic mass is 9.99. The Bertz CT molecular complexity index is 1440. The standard InChI is InChI=1S/C29H32F3N3O3S/c1-5-39(37,38)24-12-8-20(9-13-24)15-34-28(36)22-14-25-19(4)35(27(18(2)3)26(25)33-16-22)17-21-6-10-23(11-7-21)29(30,31)32/h6-14,16,18-19,27H,5,15,17H2,1-4H3,(H,34,36)/t19-,27+/m1/s1. The number of hydrogen-bond acceptors (Lipinski definition) is 5. The quantitative estimate of drug-likeness (QED) is 0.361. The number of carbonyl (C=O) groups is 1. The van der Waals surface area contributed by atoms with Crippen LogP contribution in [-0.4, -0.2) is 30.0 Å². The monoisotopic (exact) mass is 559 g/mol. The molecule has 2 aromatic carbocycles. The van der Waals surface area contributed by atoms with Crippen LogP contribution in [-0.2, 0) is 29.1 Å². The molecule has 0 saturated carbocycles. The molecule has 1 N–H and O–H groups in total. The van der Waals surface area contributed by atoms with Crippen molar-refractivity contribution in [1.82, 2.24) is 15.2 Å². The summed E-state index contributed by atoms with van der Waals surface area (Å²) in [5, 5.41) is 2.86. The zero-order valence-electron chi connectivity index (χ0n) is 22.3. The van der Waals surface area contributed by atoms with Crippen LogP contribution in [0.5, 0.6) is 0 Å². The number of amides is 1. The number of fused-ring (bicyclic) bond motifs is 1. The third-order valence-corrected chi connectivity index (χ3v) is 8.94. The van der Waals surface area contributed by atoms with E-state index in [-0.39, 0.29) is 41.1 Å². The molecule has 2 atom stereocenters. The summed E-state index contributed by atoms with van der Waals surface area (Å²) in [5.41, 5.74) is 3.05. The Morgan fingerprint density at radius 3 is 2.23 bits per heavy atom. The second-order valence-electron chi connectivity index (χ2n) is 10.2. The van der Waals surface area contributed by atoms with E-state index < -0.39 is 21.6 Å². The number of nitrogens with one attached hydrogen (secondary N) is 1. The van der Waals surface area contributed by atoms with Gasteiger partial charge in [0, 0.05) is 25.3 Å². The number of hydrogen-bond donors (Lipinski definition) is 1. The molecule has 4 rings (SSSR count). The van der Waals surface area contributed by atoms with Crippen LogP contribution >= 0.6 is 0 Å². The van der Waals surface area contributed by atoms with Gasteiger partial charge in [-0.2, -0.15) is 13.2 Å². The predicted molar refractivity (Wildman–Crippen MR) is 143 cm³/mol. The topological polar surface area (TPSA) is 79.4 Å². The summed E-state index contributed by atoms with van der Waals surface area (Å²) in [6.45, 7) is 8.43. The fourth-order valence-electron chi connectivity index (χ4n) is 4.98. The van der Waals surface area contributed by atoms with Crippen molar-refractivity contribution in [3.8, 4) is 0 Å². The Balaban J connectivity index is 1.49. The van der Waals surface area contributed by atoms with E-state index in [1.165, 1.54) is 24.3 Å². The minimum atomic E-state index is -4.38. The van der Waals surface area contributed by atoms with Crippen molar-refractivity contribution >= 4 is 15.7 Å². The molecule has 6 nitrogen and oxygen atoms in total. The molecule has 0 bridgehead atoms. The average molecular weight is 560 g/mol. The highest BCUT2D eigenvalue weighted by atomic mass is 32.2. The maximum absolute atomic E-state index is 13.0. The number of aromatic nitrogens is 1. The van der Waals surface area contributed by atoms with E-state index in [0.717, 1.165) is 34.5 Å². The largest absolute Gasteiger partial charge is 0.416 e. The summed E-state index contributed by atoms with van der Waals surface area (Å²) >= 11 is 0. The van der Waals surface area contributed by atoms with Gasteiger partial charge in [-0.25, -0.2) is 8.42 Å². The Hall–Kier alpha value is -3.24. The summed E-state index contributed by atoms with van der Waals surface area (Å²) < 4.78 is 63.0. The van der Waals surface area contributed by atoms with Crippen LogP contribution in [0.2, 0.25) is 0 Å². The molecule has 0 saturated heterocycles. The zero-order valence-corrected chi connectivity index (χ0v) is 23.1. The van der Waals surface area contributed by atoms with Crippen LogP contribution < -0.4 is 5.32 Å². The van der Waals surface area contributed by atoms with Crippen molar-refractivity contribution in [1.29, 1.82) is 0 Å². The molecule has 0 fully saturated rings. The number of pyridine rings is 1. The smallest absolute Gasteiger partial charge is 0.348 e. The van der Waals surface area contributed by atoms with Gasteiger partial charge in [0.1, 0.15) is 0 Å². The molecule has 0 spiro atoms. The molecule has 3 aromatic rings. The van der Waals surface area contributed by atoms with Gasteiger partial charge >= 0.3 is 6.18 Å². The lowest BCUT2D eigenvalue weighted by molar-refractivity contribution is -0.137. The molecule has 1 aromatic heterocycles. The number of sulfone groups is 1. The van der Waals surface area contributed by atoms with Crippen LogP contribution in [0.3, 0.4) is 0 Å². The lowest BCUT2D eigenvalue weighted by Gasteiger charge is -2.31. The molecule has 39 heavy (non-hydrogen) atoms. The maximum Gasteiger partial charge on any atom is 0.416 e. The average Bonchev–Trinajstić information content (AvgIpc) is 3.18. The second-order valence-corrected chi connectivity index (χ2v) is 12.4. The highest BCUT2D eigenvalue weighted by Crippen LogP contribution is 2.45. The van der Waals surface area contributed by atoms with E-state index in [1.54, 1.807) is 25.3 Å². The van der Waals surface area contributed by atoms with Gasteiger partial charge in [0.05, 0.1) is 33.5 Å². The van der Waals surface area contributed by atoms with Gasteiger partial charge in [0.2, 0.25) is 0 Å². The van der Waals surface area contributed by atoms with Crippen LogP contribution in [0, 0.1) is 5.92 Å². The number of carbonyl (C=O) groups excluding carboxylic acids is 1. The summed E-state index contributed by atoms with van der Waals surface area (Å²) in [6.07, 6.45) is -2.83. The van der Waals surface area contributed by atoms with Gasteiger partial charge in [-0.3, -0.25) is 14.7 Å². The highest BCUT2D eigenvalue weighted by Gasteiger charge is 2.39.